The molecule has 0 amide bonds. The number of nitrogens with one attached hydrogen (secondary N) is 1. The number of halogens is 1. The van der Waals surface area contributed by atoms with Crippen LogP contribution in [0.25, 0.3) is 0 Å². The molecule has 1 fully saturated rings. The Bertz CT molecular complexity index is 433. The summed E-state index contributed by atoms with van der Waals surface area (Å²) in [7, 11) is 0. The molecule has 0 saturated carbocycles. The Labute approximate surface area is 109 Å². The molecule has 1 aliphatic rings. The molecule has 2 rings (SSSR count). The van der Waals surface area contributed by atoms with Gasteiger partial charge in [-0.25, -0.2) is 0 Å². The van der Waals surface area contributed by atoms with Crippen LogP contribution >= 0.6 is 15.9 Å². The smallest absolute Gasteiger partial charge is 0.200 e. The van der Waals surface area contributed by atoms with E-state index in [9.17, 15) is 9.59 Å². The Morgan fingerprint density at radius 2 is 2.29 bits per heavy atom. The van der Waals surface area contributed by atoms with Gasteiger partial charge in [0.15, 0.2) is 12.1 Å². The molecule has 1 aromatic rings. The number of aldehydes is 1. The third-order valence-corrected chi connectivity index (χ3v) is 3.64. The molecule has 4 heteroatoms. The average molecular weight is 296 g/mol. The molecule has 1 saturated heterocycles. The molecule has 0 radical (unpaired) electrons. The van der Waals surface area contributed by atoms with Crippen molar-refractivity contribution in [1.82, 2.24) is 5.32 Å². The van der Waals surface area contributed by atoms with Gasteiger partial charge in [0.2, 0.25) is 0 Å². The second-order valence-electron chi connectivity index (χ2n) is 4.26. The van der Waals surface area contributed by atoms with Crippen LogP contribution in [0.5, 0.6) is 0 Å². The molecule has 1 N–H and O–H groups in total. The minimum absolute atomic E-state index is 0.0426. The van der Waals surface area contributed by atoms with Crippen LogP contribution in [0.4, 0.5) is 0 Å². The van der Waals surface area contributed by atoms with E-state index in [4.69, 9.17) is 0 Å². The van der Waals surface area contributed by atoms with Crippen molar-refractivity contribution in [3.63, 3.8) is 0 Å². The van der Waals surface area contributed by atoms with Crippen molar-refractivity contribution < 1.29 is 9.59 Å². The Morgan fingerprint density at radius 3 is 3.00 bits per heavy atom. The van der Waals surface area contributed by atoms with Gasteiger partial charge in [-0.3, -0.25) is 9.59 Å². The first-order chi connectivity index (χ1) is 8.22. The van der Waals surface area contributed by atoms with Crippen LogP contribution in [0.1, 0.15) is 24.4 Å². The predicted molar refractivity (Wildman–Crippen MR) is 68.7 cm³/mol. The van der Waals surface area contributed by atoms with E-state index < -0.39 is 0 Å². The van der Waals surface area contributed by atoms with Crippen molar-refractivity contribution in [3.05, 3.63) is 34.3 Å². The summed E-state index contributed by atoms with van der Waals surface area (Å²) < 4.78 is 0.986. The first-order valence-corrected chi connectivity index (χ1v) is 6.49. The van der Waals surface area contributed by atoms with Crippen molar-refractivity contribution in [2.75, 3.05) is 6.54 Å². The Hall–Kier alpha value is -1.00. The molecule has 17 heavy (non-hydrogen) atoms. The highest BCUT2D eigenvalue weighted by Gasteiger charge is 2.31. The van der Waals surface area contributed by atoms with Crippen LogP contribution in [-0.4, -0.2) is 18.6 Å². The number of rotatable bonds is 3. The maximum Gasteiger partial charge on any atom is 0.200 e. The quantitative estimate of drug-likeness (QED) is 0.687. The Morgan fingerprint density at radius 1 is 1.47 bits per heavy atom. The average Bonchev–Trinajstić information content (AvgIpc) is 2.38. The fourth-order valence-electron chi connectivity index (χ4n) is 2.33. The summed E-state index contributed by atoms with van der Waals surface area (Å²) in [6.07, 6.45) is 2.17. The highest BCUT2D eigenvalue weighted by Crippen LogP contribution is 2.30. The van der Waals surface area contributed by atoms with Crippen molar-refractivity contribution >= 4 is 28.0 Å². The summed E-state index contributed by atoms with van der Waals surface area (Å²) in [6.45, 7) is 0.889. The SMILES string of the molecule is O=CC(=O)C1CCCNC1c1cccc(Br)c1. The van der Waals surface area contributed by atoms with Crippen LogP contribution < -0.4 is 5.32 Å². The topological polar surface area (TPSA) is 46.2 Å². The minimum atomic E-state index is -0.304. The summed E-state index contributed by atoms with van der Waals surface area (Å²) in [5.74, 6) is -0.530. The van der Waals surface area contributed by atoms with Crippen LogP contribution in [-0.2, 0) is 9.59 Å². The van der Waals surface area contributed by atoms with Gasteiger partial charge in [-0.05, 0) is 37.1 Å². The van der Waals surface area contributed by atoms with Gasteiger partial charge in [-0.2, -0.15) is 0 Å². The number of hydrogen-bond acceptors (Lipinski definition) is 3. The van der Waals surface area contributed by atoms with E-state index in [1.165, 1.54) is 0 Å². The molecule has 0 aliphatic carbocycles. The highest BCUT2D eigenvalue weighted by molar-refractivity contribution is 9.10. The standard InChI is InChI=1S/C13H14BrNO2/c14-10-4-1-3-9(7-10)13-11(12(17)8-16)5-2-6-15-13/h1,3-4,7-8,11,13,15H,2,5-6H2. The number of ketones is 1. The van der Waals surface area contributed by atoms with Gasteiger partial charge in [0.1, 0.15) is 0 Å². The van der Waals surface area contributed by atoms with E-state index >= 15 is 0 Å². The van der Waals surface area contributed by atoms with Crippen molar-refractivity contribution in [3.8, 4) is 0 Å². The Balaban J connectivity index is 2.27. The van der Waals surface area contributed by atoms with E-state index in [-0.39, 0.29) is 17.7 Å². The van der Waals surface area contributed by atoms with Crippen LogP contribution in [0.2, 0.25) is 0 Å². The first-order valence-electron chi connectivity index (χ1n) is 5.70. The van der Waals surface area contributed by atoms with Crippen molar-refractivity contribution in [2.24, 2.45) is 5.92 Å². The van der Waals surface area contributed by atoms with Crippen LogP contribution in [0, 0.1) is 5.92 Å². The second kappa shape index (κ2) is 5.56. The van der Waals surface area contributed by atoms with E-state index in [0.717, 1.165) is 29.4 Å². The van der Waals surface area contributed by atoms with E-state index in [1.807, 2.05) is 24.3 Å². The summed E-state index contributed by atoms with van der Waals surface area (Å²) in [6, 6.07) is 7.83. The Kier molecular flexibility index (Phi) is 4.07. The molecule has 1 heterocycles. The van der Waals surface area contributed by atoms with Gasteiger partial charge in [0.05, 0.1) is 0 Å². The third kappa shape index (κ3) is 2.82. The molecule has 1 aliphatic heterocycles. The monoisotopic (exact) mass is 295 g/mol. The zero-order valence-corrected chi connectivity index (χ0v) is 10.9. The fraction of sp³-hybridized carbons (Fsp3) is 0.385. The summed E-state index contributed by atoms with van der Waals surface area (Å²) in [5.41, 5.74) is 1.05. The first kappa shape index (κ1) is 12.5. The zero-order valence-electron chi connectivity index (χ0n) is 9.36. The number of benzene rings is 1. The molecule has 0 aromatic heterocycles. The minimum Gasteiger partial charge on any atom is -0.309 e. The van der Waals surface area contributed by atoms with E-state index in [1.54, 1.807) is 0 Å². The molecule has 2 unspecified atom stereocenters. The largest absolute Gasteiger partial charge is 0.309 e. The zero-order chi connectivity index (χ0) is 12.3. The normalized spacial score (nSPS) is 24.3. The lowest BCUT2D eigenvalue weighted by atomic mass is 9.84. The van der Waals surface area contributed by atoms with Gasteiger partial charge in [-0.1, -0.05) is 28.1 Å². The van der Waals surface area contributed by atoms with Crippen molar-refractivity contribution in [1.29, 1.82) is 0 Å². The number of carbonyl (C=O) groups excluding carboxylic acids is 2. The second-order valence-corrected chi connectivity index (χ2v) is 5.17. The van der Waals surface area contributed by atoms with Crippen LogP contribution in [0.15, 0.2) is 28.7 Å². The molecular formula is C13H14BrNO2. The fourth-order valence-corrected chi connectivity index (χ4v) is 2.75. The lowest BCUT2D eigenvalue weighted by Crippen LogP contribution is -2.38. The van der Waals surface area contributed by atoms with E-state index in [2.05, 4.69) is 21.2 Å². The maximum atomic E-state index is 11.6. The van der Waals surface area contributed by atoms with Crippen molar-refractivity contribution in [2.45, 2.75) is 18.9 Å². The summed E-state index contributed by atoms with van der Waals surface area (Å²) in [4.78, 5) is 22.3. The molecular weight excluding hydrogens is 282 g/mol. The van der Waals surface area contributed by atoms with Crippen LogP contribution in [0.3, 0.4) is 0 Å². The predicted octanol–water partition coefficient (Wildman–Crippen LogP) is 2.26. The molecule has 0 spiro atoms. The van der Waals surface area contributed by atoms with E-state index in [0.29, 0.717) is 6.29 Å². The molecule has 2 atom stereocenters. The number of Topliss-reactive ketones (excluding diaryl/α,β-unsaturated/α-hetero) is 1. The van der Waals surface area contributed by atoms with Gasteiger partial charge in [-0.15, -0.1) is 0 Å². The van der Waals surface area contributed by atoms with Gasteiger partial charge in [0, 0.05) is 16.4 Å². The molecule has 1 aromatic carbocycles. The lowest BCUT2D eigenvalue weighted by molar-refractivity contribution is -0.133. The molecule has 90 valence electrons. The number of piperidine rings is 1. The lowest BCUT2D eigenvalue weighted by Gasteiger charge is -2.31. The molecule has 3 nitrogen and oxygen atoms in total. The molecule has 0 bridgehead atoms. The van der Waals surface area contributed by atoms with Gasteiger partial charge >= 0.3 is 0 Å². The summed E-state index contributed by atoms with van der Waals surface area (Å²) >= 11 is 3.42. The van der Waals surface area contributed by atoms with Gasteiger partial charge in [0.25, 0.3) is 0 Å². The third-order valence-electron chi connectivity index (χ3n) is 3.15. The maximum absolute atomic E-state index is 11.6. The summed E-state index contributed by atoms with van der Waals surface area (Å²) in [5, 5.41) is 3.33. The highest BCUT2D eigenvalue weighted by atomic mass is 79.9. The number of carbonyl (C=O) groups is 2. The van der Waals surface area contributed by atoms with Gasteiger partial charge < -0.3 is 5.32 Å². The number of hydrogen-bond donors (Lipinski definition) is 1.